The minimum absolute atomic E-state index is 0.701. The van der Waals surface area contributed by atoms with Crippen LogP contribution in [-0.2, 0) is 6.42 Å². The fourth-order valence-corrected chi connectivity index (χ4v) is 3.93. The maximum absolute atomic E-state index is 4.44. The van der Waals surface area contributed by atoms with E-state index in [1.54, 1.807) is 0 Å². The van der Waals surface area contributed by atoms with Crippen molar-refractivity contribution in [1.82, 2.24) is 15.5 Å². The van der Waals surface area contributed by atoms with Gasteiger partial charge in [-0.15, -0.1) is 21.5 Å². The summed E-state index contributed by atoms with van der Waals surface area (Å²) in [6.45, 7) is 3.51. The summed E-state index contributed by atoms with van der Waals surface area (Å²) in [5.41, 5.74) is 0. The zero-order chi connectivity index (χ0) is 13.1. The molecule has 2 fully saturated rings. The molecule has 4 heteroatoms. The van der Waals surface area contributed by atoms with E-state index in [-0.39, 0.29) is 0 Å². The molecule has 2 aliphatic rings. The summed E-state index contributed by atoms with van der Waals surface area (Å²) in [5, 5.41) is 14.9. The van der Waals surface area contributed by atoms with E-state index in [9.17, 15) is 0 Å². The highest BCUT2D eigenvalue weighted by molar-refractivity contribution is 7.11. The zero-order valence-corrected chi connectivity index (χ0v) is 12.7. The summed E-state index contributed by atoms with van der Waals surface area (Å²) in [4.78, 5) is 0. The predicted octanol–water partition coefficient (Wildman–Crippen LogP) is 3.52. The Morgan fingerprint density at radius 2 is 1.89 bits per heavy atom. The van der Waals surface area contributed by atoms with Crippen LogP contribution in [0.4, 0.5) is 0 Å². The molecule has 0 radical (unpaired) electrons. The second-order valence-corrected chi connectivity index (χ2v) is 7.42. The summed E-state index contributed by atoms with van der Waals surface area (Å²) < 4.78 is 0. The van der Waals surface area contributed by atoms with Gasteiger partial charge < -0.3 is 5.32 Å². The molecule has 0 aliphatic heterocycles. The lowest BCUT2D eigenvalue weighted by Crippen LogP contribution is -2.17. The fraction of sp³-hybridized carbons (Fsp3) is 0.867. The normalized spacial score (nSPS) is 27.6. The number of rotatable bonds is 6. The monoisotopic (exact) mass is 279 g/mol. The van der Waals surface area contributed by atoms with Crippen LogP contribution in [-0.4, -0.2) is 22.8 Å². The van der Waals surface area contributed by atoms with E-state index in [2.05, 4.69) is 22.4 Å². The Morgan fingerprint density at radius 3 is 2.63 bits per heavy atom. The topological polar surface area (TPSA) is 37.8 Å². The lowest BCUT2D eigenvalue weighted by Gasteiger charge is -2.23. The standard InChI is InChI=1S/C15H25N3S/c1-11-4-6-12(7-5-11)15-18-17-14(19-15)3-2-10-16-13-8-9-13/h11-13,16H,2-10H2,1H3. The number of nitrogens with one attached hydrogen (secondary N) is 1. The van der Waals surface area contributed by atoms with E-state index < -0.39 is 0 Å². The first kappa shape index (κ1) is 13.5. The largest absolute Gasteiger partial charge is 0.314 e. The summed E-state index contributed by atoms with van der Waals surface area (Å²) >= 11 is 1.87. The van der Waals surface area contributed by atoms with Gasteiger partial charge in [0.1, 0.15) is 10.0 Å². The first-order valence-corrected chi connectivity index (χ1v) is 8.68. The van der Waals surface area contributed by atoms with Gasteiger partial charge in [0, 0.05) is 18.4 Å². The van der Waals surface area contributed by atoms with Crippen LogP contribution in [0.1, 0.15) is 67.8 Å². The highest BCUT2D eigenvalue weighted by Gasteiger charge is 2.23. The molecule has 0 spiro atoms. The van der Waals surface area contributed by atoms with Crippen LogP contribution in [0.3, 0.4) is 0 Å². The highest BCUT2D eigenvalue weighted by atomic mass is 32.1. The predicted molar refractivity (Wildman–Crippen MR) is 79.6 cm³/mol. The van der Waals surface area contributed by atoms with Gasteiger partial charge in [-0.2, -0.15) is 0 Å². The molecule has 1 aromatic rings. The van der Waals surface area contributed by atoms with E-state index in [0.717, 1.165) is 24.9 Å². The SMILES string of the molecule is CC1CCC(c2nnc(CCCNC3CC3)s2)CC1. The average molecular weight is 279 g/mol. The quantitative estimate of drug-likeness (QED) is 0.810. The molecule has 19 heavy (non-hydrogen) atoms. The first-order valence-electron chi connectivity index (χ1n) is 7.87. The molecule has 0 bridgehead atoms. The maximum Gasteiger partial charge on any atom is 0.120 e. The molecule has 2 aliphatic carbocycles. The minimum atomic E-state index is 0.701. The molecule has 3 nitrogen and oxygen atoms in total. The molecular weight excluding hydrogens is 254 g/mol. The van der Waals surface area contributed by atoms with E-state index in [4.69, 9.17) is 0 Å². The van der Waals surface area contributed by atoms with Gasteiger partial charge in [0.2, 0.25) is 0 Å². The molecule has 1 aromatic heterocycles. The Kier molecular flexibility index (Phi) is 4.49. The number of hydrogen-bond acceptors (Lipinski definition) is 4. The fourth-order valence-electron chi connectivity index (χ4n) is 2.87. The van der Waals surface area contributed by atoms with Crippen molar-refractivity contribution in [3.8, 4) is 0 Å². The molecular formula is C15H25N3S. The van der Waals surface area contributed by atoms with Gasteiger partial charge >= 0.3 is 0 Å². The molecule has 106 valence electrons. The lowest BCUT2D eigenvalue weighted by molar-refractivity contribution is 0.346. The van der Waals surface area contributed by atoms with Crippen molar-refractivity contribution in [3.05, 3.63) is 10.0 Å². The first-order chi connectivity index (χ1) is 9.31. The molecule has 1 heterocycles. The number of hydrogen-bond donors (Lipinski definition) is 1. The summed E-state index contributed by atoms with van der Waals surface area (Å²) in [5.74, 6) is 1.61. The van der Waals surface area contributed by atoms with Crippen molar-refractivity contribution in [2.45, 2.75) is 70.3 Å². The van der Waals surface area contributed by atoms with Crippen LogP contribution < -0.4 is 5.32 Å². The van der Waals surface area contributed by atoms with Gasteiger partial charge in [0.25, 0.3) is 0 Å². The maximum atomic E-state index is 4.44. The van der Waals surface area contributed by atoms with E-state index in [0.29, 0.717) is 5.92 Å². The molecule has 0 saturated heterocycles. The highest BCUT2D eigenvalue weighted by Crippen LogP contribution is 2.36. The zero-order valence-electron chi connectivity index (χ0n) is 11.9. The van der Waals surface area contributed by atoms with Crippen LogP contribution in [0.2, 0.25) is 0 Å². The lowest BCUT2D eigenvalue weighted by atomic mass is 9.83. The smallest absolute Gasteiger partial charge is 0.120 e. The van der Waals surface area contributed by atoms with Crippen molar-refractivity contribution in [2.75, 3.05) is 6.54 Å². The van der Waals surface area contributed by atoms with Gasteiger partial charge in [-0.1, -0.05) is 19.8 Å². The second-order valence-electron chi connectivity index (χ2n) is 6.32. The molecule has 0 aromatic carbocycles. The van der Waals surface area contributed by atoms with Crippen LogP contribution >= 0.6 is 11.3 Å². The van der Waals surface area contributed by atoms with Crippen molar-refractivity contribution in [3.63, 3.8) is 0 Å². The molecule has 0 amide bonds. The van der Waals surface area contributed by atoms with Gasteiger partial charge in [-0.25, -0.2) is 0 Å². The van der Waals surface area contributed by atoms with Gasteiger partial charge in [-0.05, 0) is 44.6 Å². The van der Waals surface area contributed by atoms with Crippen LogP contribution in [0.15, 0.2) is 0 Å². The van der Waals surface area contributed by atoms with Crippen molar-refractivity contribution >= 4 is 11.3 Å². The summed E-state index contributed by atoms with van der Waals surface area (Å²) in [6, 6.07) is 0.828. The Labute approximate surface area is 120 Å². The Balaban J connectivity index is 1.42. The van der Waals surface area contributed by atoms with Crippen molar-refractivity contribution < 1.29 is 0 Å². The Morgan fingerprint density at radius 1 is 1.11 bits per heavy atom. The Bertz CT molecular complexity index is 392. The van der Waals surface area contributed by atoms with Crippen molar-refractivity contribution in [2.24, 2.45) is 5.92 Å². The van der Waals surface area contributed by atoms with Gasteiger partial charge in [-0.3, -0.25) is 0 Å². The van der Waals surface area contributed by atoms with E-state index in [1.807, 2.05) is 11.3 Å². The number of aromatic nitrogens is 2. The average Bonchev–Trinajstić information content (AvgIpc) is 3.13. The molecule has 0 atom stereocenters. The summed E-state index contributed by atoms with van der Waals surface area (Å²) in [7, 11) is 0. The molecule has 3 rings (SSSR count). The molecule has 1 N–H and O–H groups in total. The van der Waals surface area contributed by atoms with Crippen molar-refractivity contribution in [1.29, 1.82) is 0 Å². The third-order valence-corrected chi connectivity index (χ3v) is 5.57. The molecule has 2 saturated carbocycles. The minimum Gasteiger partial charge on any atom is -0.314 e. The van der Waals surface area contributed by atoms with Gasteiger partial charge in [0.05, 0.1) is 0 Å². The van der Waals surface area contributed by atoms with Crippen LogP contribution in [0.25, 0.3) is 0 Å². The van der Waals surface area contributed by atoms with Gasteiger partial charge in [0.15, 0.2) is 0 Å². The van der Waals surface area contributed by atoms with E-state index in [1.165, 1.54) is 55.0 Å². The second kappa shape index (κ2) is 6.31. The third kappa shape index (κ3) is 3.99. The molecule has 0 unspecified atom stereocenters. The summed E-state index contributed by atoms with van der Waals surface area (Å²) in [6.07, 6.45) is 10.4. The van der Waals surface area contributed by atoms with Crippen LogP contribution in [0, 0.1) is 5.92 Å². The number of nitrogens with zero attached hydrogens (tertiary/aromatic N) is 2. The number of aryl methyl sites for hydroxylation is 1. The third-order valence-electron chi connectivity index (χ3n) is 4.43. The Hall–Kier alpha value is -0.480. The van der Waals surface area contributed by atoms with E-state index >= 15 is 0 Å². The van der Waals surface area contributed by atoms with Crippen LogP contribution in [0.5, 0.6) is 0 Å².